The van der Waals surface area contributed by atoms with E-state index in [0.29, 0.717) is 43.1 Å². The maximum absolute atomic E-state index is 13.4. The van der Waals surface area contributed by atoms with Crippen LogP contribution in [0.15, 0.2) is 79.4 Å². The van der Waals surface area contributed by atoms with Crippen molar-refractivity contribution in [2.75, 3.05) is 37.6 Å². The quantitative estimate of drug-likeness (QED) is 0.375. The van der Waals surface area contributed by atoms with Gasteiger partial charge in [0.05, 0.1) is 12.2 Å². The van der Waals surface area contributed by atoms with Gasteiger partial charge in [0.25, 0.3) is 5.85 Å². The number of hydrogen-bond donors (Lipinski definition) is 1. The lowest BCUT2D eigenvalue weighted by Crippen LogP contribution is -2.68. The Labute approximate surface area is 221 Å². The minimum atomic E-state index is -1.59. The normalized spacial score (nSPS) is 15.7. The topological polar surface area (TPSA) is 109 Å². The number of carbonyl (C=O) groups is 2. The average molecular weight is 514 g/mol. The van der Waals surface area contributed by atoms with Gasteiger partial charge >= 0.3 is 0 Å². The maximum Gasteiger partial charge on any atom is 0.279 e. The number of aromatic nitrogens is 3. The van der Waals surface area contributed by atoms with Crippen LogP contribution in [0.4, 0.5) is 5.69 Å². The van der Waals surface area contributed by atoms with Crippen molar-refractivity contribution < 1.29 is 14.3 Å². The third-order valence-corrected chi connectivity index (χ3v) is 6.75. The molecule has 2 N–H and O–H groups in total. The summed E-state index contributed by atoms with van der Waals surface area (Å²) in [6, 6.07) is 16.9. The molecule has 196 valence electrons. The van der Waals surface area contributed by atoms with Gasteiger partial charge in [-0.3, -0.25) is 14.6 Å². The number of hydrogen-bond acceptors (Lipinski definition) is 8. The molecule has 1 aliphatic rings. The number of ether oxygens (including phenoxy) is 1. The van der Waals surface area contributed by atoms with Gasteiger partial charge in [0.1, 0.15) is 0 Å². The molecule has 10 nitrogen and oxygen atoms in total. The van der Waals surface area contributed by atoms with Crippen LogP contribution in [-0.4, -0.2) is 68.7 Å². The summed E-state index contributed by atoms with van der Waals surface area (Å²) in [5, 5.41) is 0. The van der Waals surface area contributed by atoms with Gasteiger partial charge in [0.15, 0.2) is 11.4 Å². The monoisotopic (exact) mass is 513 g/mol. The summed E-state index contributed by atoms with van der Waals surface area (Å²) < 4.78 is 8.75. The Morgan fingerprint density at radius 2 is 1.74 bits per heavy atom. The van der Waals surface area contributed by atoms with E-state index in [1.807, 2.05) is 77.1 Å². The molecular weight excluding hydrogens is 482 g/mol. The summed E-state index contributed by atoms with van der Waals surface area (Å²) in [7, 11) is 0. The van der Waals surface area contributed by atoms with Gasteiger partial charge in [-0.1, -0.05) is 30.3 Å². The Balaban J connectivity index is 1.66. The number of fused-ring (bicyclic) bond motifs is 1. The number of imidazole rings is 1. The Hall–Kier alpha value is -4.28. The molecule has 1 atom stereocenters. The predicted octanol–water partition coefficient (Wildman–Crippen LogP) is 2.38. The summed E-state index contributed by atoms with van der Waals surface area (Å²) >= 11 is 0. The third-order valence-electron chi connectivity index (χ3n) is 6.75. The highest BCUT2D eigenvalue weighted by molar-refractivity contribution is 5.96. The van der Waals surface area contributed by atoms with Gasteiger partial charge in [-0.2, -0.15) is 0 Å². The van der Waals surface area contributed by atoms with Gasteiger partial charge in [-0.05, 0) is 31.2 Å². The number of carbonyl (C=O) groups excluding carboxylic acids is 2. The van der Waals surface area contributed by atoms with E-state index in [-0.39, 0.29) is 6.54 Å². The van der Waals surface area contributed by atoms with Crippen LogP contribution >= 0.6 is 0 Å². The molecule has 1 fully saturated rings. The molecule has 10 heteroatoms. The maximum atomic E-state index is 13.4. The molecule has 5 rings (SSSR count). The van der Waals surface area contributed by atoms with Crippen molar-refractivity contribution in [3.63, 3.8) is 0 Å². The van der Waals surface area contributed by atoms with E-state index >= 15 is 0 Å². The van der Waals surface area contributed by atoms with E-state index in [1.165, 1.54) is 6.92 Å². The predicted molar refractivity (Wildman–Crippen MR) is 143 cm³/mol. The highest BCUT2D eigenvalue weighted by atomic mass is 16.5. The molecule has 4 aromatic rings. The molecule has 2 amide bonds. The smallest absolute Gasteiger partial charge is 0.279 e. The highest BCUT2D eigenvalue weighted by Gasteiger charge is 2.52. The van der Waals surface area contributed by atoms with Crippen molar-refractivity contribution >= 4 is 23.1 Å². The van der Waals surface area contributed by atoms with Crippen molar-refractivity contribution in [3.8, 4) is 5.75 Å². The van der Waals surface area contributed by atoms with E-state index in [2.05, 4.69) is 14.9 Å². The molecular formula is C28H31N7O3. The van der Waals surface area contributed by atoms with Gasteiger partial charge in [-0.15, -0.1) is 0 Å². The van der Waals surface area contributed by atoms with Crippen LogP contribution in [0.3, 0.4) is 0 Å². The zero-order valence-corrected chi connectivity index (χ0v) is 21.5. The Morgan fingerprint density at radius 3 is 2.39 bits per heavy atom. The molecule has 1 unspecified atom stereocenters. The van der Waals surface area contributed by atoms with Crippen molar-refractivity contribution in [1.82, 2.24) is 24.2 Å². The molecule has 0 aliphatic carbocycles. The number of imide groups is 1. The minimum Gasteiger partial charge on any atom is -0.446 e. The summed E-state index contributed by atoms with van der Waals surface area (Å²) in [6.45, 7) is 5.24. The molecule has 1 aliphatic heterocycles. The lowest BCUT2D eigenvalue weighted by molar-refractivity contribution is -0.210. The van der Waals surface area contributed by atoms with E-state index < -0.39 is 17.7 Å². The minimum absolute atomic E-state index is 0.346. The summed E-state index contributed by atoms with van der Waals surface area (Å²) in [6.07, 6.45) is 7.31. The summed E-state index contributed by atoms with van der Waals surface area (Å²) in [4.78, 5) is 40.9. The number of amides is 2. The molecule has 0 saturated carbocycles. The number of nitrogens with two attached hydrogens (primary N) is 1. The number of anilines is 1. The molecule has 1 saturated heterocycles. The number of rotatable bonds is 7. The molecule has 0 radical (unpaired) electrons. The van der Waals surface area contributed by atoms with Gasteiger partial charge in [0.2, 0.25) is 11.8 Å². The lowest BCUT2D eigenvalue weighted by Gasteiger charge is -2.51. The van der Waals surface area contributed by atoms with Crippen molar-refractivity contribution in [1.29, 1.82) is 0 Å². The van der Waals surface area contributed by atoms with E-state index in [4.69, 9.17) is 10.5 Å². The number of pyridine rings is 2. The second-order valence-electron chi connectivity index (χ2n) is 9.19. The fourth-order valence-corrected chi connectivity index (χ4v) is 5.09. The average Bonchev–Trinajstić information content (AvgIpc) is 3.34. The zero-order chi connectivity index (χ0) is 26.7. The Morgan fingerprint density at radius 1 is 1.03 bits per heavy atom. The first-order valence-corrected chi connectivity index (χ1v) is 12.6. The number of piperazine rings is 1. The Kier molecular flexibility index (Phi) is 7.08. The van der Waals surface area contributed by atoms with Crippen LogP contribution < -0.4 is 15.4 Å². The molecule has 1 aromatic carbocycles. The van der Waals surface area contributed by atoms with Gasteiger partial charge in [-0.25, -0.2) is 14.8 Å². The fraction of sp³-hybridized carbons (Fsp3) is 0.286. The van der Waals surface area contributed by atoms with Crippen LogP contribution in [0.1, 0.15) is 18.2 Å². The third kappa shape index (κ3) is 4.59. The highest BCUT2D eigenvalue weighted by Crippen LogP contribution is 2.38. The first-order chi connectivity index (χ1) is 18.4. The largest absolute Gasteiger partial charge is 0.446 e. The van der Waals surface area contributed by atoms with Crippen LogP contribution in [-0.2, 0) is 15.4 Å². The molecule has 38 heavy (non-hydrogen) atoms. The molecule has 4 heterocycles. The number of nitrogens with zero attached hydrogens (tertiary/aromatic N) is 6. The first kappa shape index (κ1) is 25.4. The van der Waals surface area contributed by atoms with Crippen LogP contribution in [0.25, 0.3) is 5.65 Å². The second kappa shape index (κ2) is 10.6. The van der Waals surface area contributed by atoms with Gasteiger partial charge in [0, 0.05) is 69.1 Å². The van der Waals surface area contributed by atoms with Crippen LogP contribution in [0.2, 0.25) is 0 Å². The van der Waals surface area contributed by atoms with Crippen molar-refractivity contribution in [2.24, 2.45) is 5.73 Å². The van der Waals surface area contributed by atoms with E-state index in [1.54, 1.807) is 18.5 Å². The zero-order valence-electron chi connectivity index (χ0n) is 21.5. The lowest BCUT2D eigenvalue weighted by atomic mass is 10.0. The first-order valence-electron chi connectivity index (χ1n) is 12.6. The van der Waals surface area contributed by atoms with E-state index in [9.17, 15) is 9.59 Å². The standard InChI is InChI=1S/C28H31N7O3/c1-21-20-33-14-6-9-25(27(33)31-21)38-28(23-7-4-3-5-8-23,35(22(2)36)26(37)19-29)34-17-15-32(16-18-34)24-10-12-30-13-11-24/h3-14,20H,15-19,29H2,1-2H3. The summed E-state index contributed by atoms with van der Waals surface area (Å²) in [5.41, 5.74) is 8.96. The second-order valence-corrected chi connectivity index (χ2v) is 9.19. The van der Waals surface area contributed by atoms with Crippen LogP contribution in [0, 0.1) is 6.92 Å². The molecule has 0 spiro atoms. The summed E-state index contributed by atoms with van der Waals surface area (Å²) in [5.74, 6) is -2.15. The number of aryl methyl sites for hydroxylation is 1. The number of benzene rings is 1. The fourth-order valence-electron chi connectivity index (χ4n) is 5.09. The van der Waals surface area contributed by atoms with Crippen molar-refractivity contribution in [2.45, 2.75) is 19.7 Å². The Bertz CT molecular complexity index is 1420. The molecule has 0 bridgehead atoms. The van der Waals surface area contributed by atoms with E-state index in [0.717, 1.165) is 16.3 Å². The molecule has 3 aromatic heterocycles. The van der Waals surface area contributed by atoms with Gasteiger partial charge < -0.3 is 19.8 Å². The van der Waals surface area contributed by atoms with Crippen molar-refractivity contribution in [3.05, 3.63) is 90.6 Å². The van der Waals surface area contributed by atoms with Crippen LogP contribution in [0.5, 0.6) is 5.75 Å². The SMILES string of the molecule is CC(=O)N(C(=O)CN)C(Oc1cccn2cc(C)nc12)(c1ccccc1)N1CCN(c2ccncc2)CC1.